The van der Waals surface area contributed by atoms with Gasteiger partial charge in [-0.15, -0.1) is 0 Å². The van der Waals surface area contributed by atoms with Gasteiger partial charge in [-0.05, 0) is 60.9 Å². The molecular weight excluding hydrogens is 416 g/mol. The highest BCUT2D eigenvalue weighted by atomic mass is 16.5. The first-order chi connectivity index (χ1) is 16.2. The maximum Gasteiger partial charge on any atom is 0.191 e. The molecule has 7 heteroatoms. The Morgan fingerprint density at radius 2 is 1.79 bits per heavy atom. The monoisotopic (exact) mass is 448 g/mol. The molecule has 0 amide bonds. The Kier molecular flexibility index (Phi) is 9.39. The highest BCUT2D eigenvalue weighted by Gasteiger charge is 2.05. The van der Waals surface area contributed by atoms with Crippen molar-refractivity contribution in [1.82, 2.24) is 15.6 Å². The summed E-state index contributed by atoms with van der Waals surface area (Å²) in [4.78, 5) is 9.01. The predicted octanol–water partition coefficient (Wildman–Crippen LogP) is 3.98. The zero-order chi connectivity index (χ0) is 23.3. The summed E-state index contributed by atoms with van der Waals surface area (Å²) >= 11 is 0. The summed E-state index contributed by atoms with van der Waals surface area (Å²) in [6, 6.07) is 19.8. The van der Waals surface area contributed by atoms with Crippen molar-refractivity contribution < 1.29 is 14.2 Å². The van der Waals surface area contributed by atoms with Crippen molar-refractivity contribution in [2.24, 2.45) is 4.99 Å². The van der Waals surface area contributed by atoms with E-state index in [0.717, 1.165) is 59.5 Å². The Morgan fingerprint density at radius 1 is 0.909 bits per heavy atom. The highest BCUT2D eigenvalue weighted by molar-refractivity contribution is 5.79. The van der Waals surface area contributed by atoms with Crippen LogP contribution in [0.3, 0.4) is 0 Å². The van der Waals surface area contributed by atoms with E-state index in [1.54, 1.807) is 20.4 Å². The molecule has 0 atom stereocenters. The number of hydrogen-bond donors (Lipinski definition) is 2. The number of ether oxygens (including phenoxy) is 3. The smallest absolute Gasteiger partial charge is 0.191 e. The number of pyridine rings is 1. The van der Waals surface area contributed by atoms with Crippen molar-refractivity contribution in [1.29, 1.82) is 0 Å². The van der Waals surface area contributed by atoms with Crippen LogP contribution in [-0.2, 0) is 19.6 Å². The third-order valence-corrected chi connectivity index (χ3v) is 4.93. The molecule has 1 aromatic heterocycles. The summed E-state index contributed by atoms with van der Waals surface area (Å²) in [5.41, 5.74) is 3.13. The van der Waals surface area contributed by atoms with E-state index in [9.17, 15) is 0 Å². The molecule has 0 saturated carbocycles. The Labute approximate surface area is 195 Å². The molecule has 0 aliphatic carbocycles. The number of guanidine groups is 1. The molecule has 0 spiro atoms. The van der Waals surface area contributed by atoms with E-state index in [0.29, 0.717) is 13.2 Å². The average molecular weight is 449 g/mol. The molecular formula is C26H32N4O3. The fourth-order valence-corrected chi connectivity index (χ4v) is 3.25. The van der Waals surface area contributed by atoms with Crippen LogP contribution in [0.5, 0.6) is 17.2 Å². The minimum Gasteiger partial charge on any atom is -0.493 e. The molecule has 0 radical (unpaired) electrons. The minimum absolute atomic E-state index is 0.438. The van der Waals surface area contributed by atoms with Gasteiger partial charge >= 0.3 is 0 Å². The lowest BCUT2D eigenvalue weighted by molar-refractivity contribution is 0.301. The third-order valence-electron chi connectivity index (χ3n) is 4.93. The van der Waals surface area contributed by atoms with Crippen LogP contribution in [0, 0.1) is 0 Å². The lowest BCUT2D eigenvalue weighted by atomic mass is 10.1. The minimum atomic E-state index is 0.438. The first kappa shape index (κ1) is 23.9. The number of aromatic nitrogens is 1. The average Bonchev–Trinajstić information content (AvgIpc) is 2.86. The Bertz CT molecular complexity index is 1030. The standard InChI is InChI=1S/C26H32N4O3/c1-4-27-26(29-15-13-20-11-12-24(31-2)25(17-20)32-3)30-18-21-8-7-10-23(16-21)33-19-22-9-5-6-14-28-22/h5-12,14,16-17H,4,13,15,18-19H2,1-3H3,(H2,27,29,30). The Morgan fingerprint density at radius 3 is 2.55 bits per heavy atom. The number of rotatable bonds is 11. The van der Waals surface area contributed by atoms with E-state index >= 15 is 0 Å². The summed E-state index contributed by atoms with van der Waals surface area (Å²) in [6.45, 7) is 4.57. The van der Waals surface area contributed by atoms with E-state index in [4.69, 9.17) is 19.2 Å². The molecule has 2 aromatic carbocycles. The van der Waals surface area contributed by atoms with Crippen LogP contribution in [0.2, 0.25) is 0 Å². The van der Waals surface area contributed by atoms with Crippen LogP contribution in [-0.4, -0.2) is 38.3 Å². The van der Waals surface area contributed by atoms with Crippen molar-refractivity contribution in [3.63, 3.8) is 0 Å². The van der Waals surface area contributed by atoms with Gasteiger partial charge in [0, 0.05) is 19.3 Å². The van der Waals surface area contributed by atoms with E-state index in [1.165, 1.54) is 0 Å². The van der Waals surface area contributed by atoms with Crippen molar-refractivity contribution in [3.05, 3.63) is 83.7 Å². The molecule has 0 aliphatic heterocycles. The van der Waals surface area contributed by atoms with Gasteiger partial charge in [-0.1, -0.05) is 24.3 Å². The normalized spacial score (nSPS) is 11.1. The Balaban J connectivity index is 1.54. The summed E-state index contributed by atoms with van der Waals surface area (Å²) in [7, 11) is 3.29. The molecule has 0 unspecified atom stereocenters. The molecule has 0 bridgehead atoms. The molecule has 2 N–H and O–H groups in total. The van der Waals surface area contributed by atoms with Gasteiger partial charge in [0.15, 0.2) is 17.5 Å². The number of nitrogens with one attached hydrogen (secondary N) is 2. The second-order valence-electron chi connectivity index (χ2n) is 7.32. The van der Waals surface area contributed by atoms with E-state index in [1.807, 2.05) is 60.7 Å². The van der Waals surface area contributed by atoms with Crippen LogP contribution < -0.4 is 24.8 Å². The van der Waals surface area contributed by atoms with E-state index < -0.39 is 0 Å². The number of hydrogen-bond acceptors (Lipinski definition) is 5. The maximum absolute atomic E-state index is 5.87. The second kappa shape index (κ2) is 13.0. The molecule has 0 saturated heterocycles. The molecule has 7 nitrogen and oxygen atoms in total. The highest BCUT2D eigenvalue weighted by Crippen LogP contribution is 2.27. The van der Waals surface area contributed by atoms with Gasteiger partial charge in [0.25, 0.3) is 0 Å². The maximum atomic E-state index is 5.87. The first-order valence-corrected chi connectivity index (χ1v) is 11.1. The van der Waals surface area contributed by atoms with Gasteiger partial charge in [-0.2, -0.15) is 0 Å². The zero-order valence-electron chi connectivity index (χ0n) is 19.5. The van der Waals surface area contributed by atoms with E-state index in [2.05, 4.69) is 22.5 Å². The quantitative estimate of drug-likeness (QED) is 0.341. The summed E-state index contributed by atoms with van der Waals surface area (Å²) in [5.74, 6) is 3.05. The van der Waals surface area contributed by atoms with Crippen LogP contribution in [0.1, 0.15) is 23.7 Å². The van der Waals surface area contributed by atoms with Crippen LogP contribution >= 0.6 is 0 Å². The number of methoxy groups -OCH3 is 2. The van der Waals surface area contributed by atoms with E-state index in [-0.39, 0.29) is 0 Å². The van der Waals surface area contributed by atoms with Gasteiger partial charge < -0.3 is 24.8 Å². The first-order valence-electron chi connectivity index (χ1n) is 11.1. The molecule has 174 valence electrons. The summed E-state index contributed by atoms with van der Waals surface area (Å²) in [6.07, 6.45) is 2.60. The van der Waals surface area contributed by atoms with Crippen molar-refractivity contribution in [2.75, 3.05) is 27.3 Å². The fraction of sp³-hybridized carbons (Fsp3) is 0.308. The van der Waals surface area contributed by atoms with Crippen LogP contribution in [0.25, 0.3) is 0 Å². The van der Waals surface area contributed by atoms with Crippen molar-refractivity contribution >= 4 is 5.96 Å². The fourth-order valence-electron chi connectivity index (χ4n) is 3.25. The topological polar surface area (TPSA) is 77.0 Å². The molecule has 3 rings (SSSR count). The number of benzene rings is 2. The third kappa shape index (κ3) is 7.71. The lowest BCUT2D eigenvalue weighted by Crippen LogP contribution is -2.38. The van der Waals surface area contributed by atoms with Crippen molar-refractivity contribution in [2.45, 2.75) is 26.5 Å². The Hall–Kier alpha value is -3.74. The summed E-state index contributed by atoms with van der Waals surface area (Å²) in [5, 5.41) is 6.69. The number of aliphatic imine (C=N–C) groups is 1. The molecule has 0 aliphatic rings. The van der Waals surface area contributed by atoms with Gasteiger partial charge in [0.2, 0.25) is 0 Å². The van der Waals surface area contributed by atoms with Gasteiger partial charge in [0.1, 0.15) is 12.4 Å². The molecule has 0 fully saturated rings. The lowest BCUT2D eigenvalue weighted by Gasteiger charge is -2.13. The molecule has 3 aromatic rings. The molecule has 33 heavy (non-hydrogen) atoms. The van der Waals surface area contributed by atoms with Crippen LogP contribution in [0.4, 0.5) is 0 Å². The second-order valence-corrected chi connectivity index (χ2v) is 7.32. The predicted molar refractivity (Wildman–Crippen MR) is 131 cm³/mol. The van der Waals surface area contributed by atoms with Gasteiger partial charge in [-0.3, -0.25) is 4.98 Å². The zero-order valence-corrected chi connectivity index (χ0v) is 19.5. The molecule has 1 heterocycles. The summed E-state index contributed by atoms with van der Waals surface area (Å²) < 4.78 is 16.6. The van der Waals surface area contributed by atoms with Gasteiger partial charge in [0.05, 0.1) is 26.5 Å². The van der Waals surface area contributed by atoms with Crippen molar-refractivity contribution in [3.8, 4) is 17.2 Å². The van der Waals surface area contributed by atoms with Gasteiger partial charge in [-0.25, -0.2) is 4.99 Å². The van der Waals surface area contributed by atoms with Crippen LogP contribution in [0.15, 0.2) is 71.9 Å². The largest absolute Gasteiger partial charge is 0.493 e. The SMILES string of the molecule is CCNC(=NCc1cccc(OCc2ccccn2)c1)NCCc1ccc(OC)c(OC)c1. The number of nitrogens with zero attached hydrogens (tertiary/aromatic N) is 2.